The van der Waals surface area contributed by atoms with Crippen molar-refractivity contribution in [3.63, 3.8) is 0 Å². The van der Waals surface area contributed by atoms with Crippen LogP contribution in [0.2, 0.25) is 0 Å². The Kier molecular flexibility index (Phi) is 13.6. The maximum Gasteiger partial charge on any atom is 0.165 e. The Morgan fingerprint density at radius 1 is 0.186 bits per heavy atom. The van der Waals surface area contributed by atoms with Crippen LogP contribution in [0.5, 0.6) is 0 Å². The van der Waals surface area contributed by atoms with Gasteiger partial charge in [-0.2, -0.15) is 0 Å². The third kappa shape index (κ3) is 9.56. The number of hydrogen-bond donors (Lipinski definition) is 0. The molecule has 0 saturated carbocycles. The highest BCUT2D eigenvalue weighted by Gasteiger charge is 2.29. The Hall–Kier alpha value is -17.6. The Morgan fingerprint density at radius 2 is 0.597 bits per heavy atom. The third-order valence-corrected chi connectivity index (χ3v) is 27.6. The molecule has 12 heteroatoms. The molecule has 129 heavy (non-hydrogen) atoms. The number of fused-ring (bicyclic) bond motifs is 38. The first kappa shape index (κ1) is 68.9. The molecule has 12 nitrogen and oxygen atoms in total. The van der Waals surface area contributed by atoms with E-state index in [1.165, 1.54) is 92.3 Å². The lowest BCUT2D eigenvalue weighted by molar-refractivity contribution is 0.671. The Morgan fingerprint density at radius 3 is 1.29 bits per heavy atom. The summed E-state index contributed by atoms with van der Waals surface area (Å²) in [5, 5.41) is 27.0. The monoisotopic (exact) mass is 1640 g/mol. The van der Waals surface area contributed by atoms with E-state index in [9.17, 15) is 0 Å². The van der Waals surface area contributed by atoms with Gasteiger partial charge in [0.15, 0.2) is 28.0 Å². The van der Waals surface area contributed by atoms with Crippen molar-refractivity contribution < 1.29 is 13.3 Å². The van der Waals surface area contributed by atoms with Crippen molar-refractivity contribution in [3.8, 4) is 39.1 Å². The van der Waals surface area contributed by atoms with Crippen LogP contribution in [0.1, 0.15) is 0 Å². The number of hydrogen-bond acceptors (Lipinski definition) is 8. The summed E-state index contributed by atoms with van der Waals surface area (Å²) in [5.74, 6) is 0. The summed E-state index contributed by atoms with van der Waals surface area (Å²) in [6.45, 7) is 0. The molecule has 0 aliphatic rings. The zero-order valence-corrected chi connectivity index (χ0v) is 68.6. The van der Waals surface area contributed by atoms with Crippen molar-refractivity contribution in [1.29, 1.82) is 0 Å². The van der Waals surface area contributed by atoms with Crippen molar-refractivity contribution in [2.45, 2.75) is 0 Å². The average molecular weight is 1640 g/mol. The Bertz CT molecular complexity index is 10500. The molecule has 0 atom stereocenters. The molecule has 32 rings (SSSR count). The van der Waals surface area contributed by atoms with Crippen LogP contribution < -0.4 is 0 Å². The van der Waals surface area contributed by atoms with Crippen LogP contribution in [0.15, 0.2) is 395 Å². The first-order valence-corrected chi connectivity index (χ1v) is 43.7. The third-order valence-electron chi connectivity index (χ3n) is 27.6. The molecule has 594 valence electrons. The van der Waals surface area contributed by atoms with Gasteiger partial charge in [-0.1, -0.05) is 255 Å². The van der Waals surface area contributed by atoms with Crippen LogP contribution in [0.4, 0.5) is 0 Å². The second-order valence-electron chi connectivity index (χ2n) is 34.4. The smallest absolute Gasteiger partial charge is 0.165 e. The highest BCUT2D eigenvalue weighted by Crippen LogP contribution is 2.50. The number of pyridine rings is 1. The quantitative estimate of drug-likeness (QED) is 0.171. The van der Waals surface area contributed by atoms with E-state index in [2.05, 4.69) is 339 Å². The zero-order chi connectivity index (χ0) is 83.7. The zero-order valence-electron chi connectivity index (χ0n) is 68.6. The molecular weight excluding hydrogens is 1580 g/mol. The van der Waals surface area contributed by atoms with E-state index in [1.807, 2.05) is 60.7 Å². The minimum absolute atomic E-state index is 0.846. The van der Waals surface area contributed by atoms with Crippen LogP contribution in [-0.2, 0) is 0 Å². The summed E-state index contributed by atoms with van der Waals surface area (Å²) in [4.78, 5) is 25.8. The molecule has 32 aromatic rings. The lowest BCUT2D eigenvalue weighted by atomic mass is 9.97. The summed E-state index contributed by atoms with van der Waals surface area (Å²) in [6.07, 6.45) is 0. The number of aromatic nitrogens is 9. The van der Waals surface area contributed by atoms with E-state index in [0.29, 0.717) is 0 Å². The maximum absolute atomic E-state index is 6.79. The standard InChI is InChI=1S/C44H24N4O.C37H20N2O.C36H19N3O/c1-2-10-27(11-3-1)47-37-16-8-4-12-28(37)29-19-18-25(24-38(29)47)26-22-33-31-20-21-32-30-13-5-9-17-39(30)49-43(32)42(31)48-41(33)34(23-26)40-44(48)46-36-15-7-6-14-35(36)45-40;1-3-10-24-21(7-1)9-5-11-25(24)22-15-16-26-30-18-17-29-27-12-6-13-28-31-19-23-8-2-4-14-32(23)38-37(31)39(34(27)28)35(29)36(30)40-33(26)20-22;1-2-7-21-18-22(13-12-20(21)6-1)23-14-15-24-27-17-16-26-25-8-5-9-28-32-36(38-30-11-4-3-10-29(30)37-32)39(33(25)28)34(26)35(27)40-31(24)19-23/h1-24H;1-20H;1-19H. The number of rotatable bonds is 4. The van der Waals surface area contributed by atoms with Gasteiger partial charge in [-0.25, -0.2) is 24.9 Å². The van der Waals surface area contributed by atoms with E-state index < -0.39 is 0 Å². The predicted molar refractivity (Wildman–Crippen MR) is 532 cm³/mol. The molecule has 0 N–H and O–H groups in total. The van der Waals surface area contributed by atoms with E-state index in [0.717, 1.165) is 204 Å². The van der Waals surface area contributed by atoms with E-state index >= 15 is 0 Å². The number of benzene rings is 19. The van der Waals surface area contributed by atoms with Gasteiger partial charge in [0.2, 0.25) is 0 Å². The van der Waals surface area contributed by atoms with Gasteiger partial charge in [0.1, 0.15) is 33.4 Å². The van der Waals surface area contributed by atoms with Gasteiger partial charge >= 0.3 is 0 Å². The summed E-state index contributed by atoms with van der Waals surface area (Å²) < 4.78 is 29.4. The van der Waals surface area contributed by atoms with Crippen LogP contribution in [0.3, 0.4) is 0 Å². The number of nitrogens with zero attached hydrogens (tertiary/aromatic N) is 9. The van der Waals surface area contributed by atoms with Crippen LogP contribution in [0.25, 0.3) is 296 Å². The second kappa shape index (κ2) is 25.5. The molecule has 0 aliphatic carbocycles. The fraction of sp³-hybridized carbons (Fsp3) is 0. The maximum atomic E-state index is 6.79. The molecule has 0 amide bonds. The van der Waals surface area contributed by atoms with Gasteiger partial charge in [0, 0.05) is 108 Å². The fourth-order valence-corrected chi connectivity index (χ4v) is 21.9. The fourth-order valence-electron chi connectivity index (χ4n) is 21.9. The normalized spacial score (nSPS) is 12.5. The molecule has 0 unspecified atom stereocenters. The second-order valence-corrected chi connectivity index (χ2v) is 34.4. The molecule has 0 radical (unpaired) electrons. The van der Waals surface area contributed by atoms with Gasteiger partial charge < -0.3 is 17.8 Å². The van der Waals surface area contributed by atoms with Crippen molar-refractivity contribution in [3.05, 3.63) is 382 Å². The lowest BCUT2D eigenvalue weighted by Gasteiger charge is -2.09. The Balaban J connectivity index is 0.0000000943. The summed E-state index contributed by atoms with van der Waals surface area (Å²) in [5.41, 5.74) is 31.6. The molecule has 0 bridgehead atoms. The molecule has 13 aromatic heterocycles. The van der Waals surface area contributed by atoms with Crippen molar-refractivity contribution >= 4 is 257 Å². The largest absolute Gasteiger partial charge is 0.454 e. The van der Waals surface area contributed by atoms with Gasteiger partial charge in [0.05, 0.1) is 71.7 Å². The van der Waals surface area contributed by atoms with Crippen molar-refractivity contribution in [2.24, 2.45) is 0 Å². The summed E-state index contributed by atoms with van der Waals surface area (Å²) in [6, 6.07) is 136. The number of para-hydroxylation sites is 10. The number of furan rings is 3. The first-order valence-electron chi connectivity index (χ1n) is 43.7. The SMILES string of the molecule is c1ccc(-n2c3ccccc3c3ccc(-c4cc5c6ccc7c8ccccc8oc7c6n6c7nc8ccccc8nc7c(c4)c56)cc32)cc1.c1ccc2cc(-c3ccc4c(c3)oc3c4ccc4c5cccc6c7nc8ccccc8nc7n(c56)c43)ccc2c1.c1ccc2nc3c(cc2c1)c1cccc2c4ccc5c6ccc(-c7cccc8ccccc78)cc6oc5c4n3c12. The lowest BCUT2D eigenvalue weighted by Crippen LogP contribution is -1.93. The minimum atomic E-state index is 0.846. The van der Waals surface area contributed by atoms with Crippen LogP contribution >= 0.6 is 0 Å². The van der Waals surface area contributed by atoms with Crippen molar-refractivity contribution in [1.82, 2.24) is 42.7 Å². The molecule has 19 aromatic carbocycles. The van der Waals surface area contributed by atoms with Crippen molar-refractivity contribution in [2.75, 3.05) is 0 Å². The molecule has 13 heterocycles. The molecule has 0 spiro atoms. The first-order chi connectivity index (χ1) is 63.9. The summed E-state index contributed by atoms with van der Waals surface area (Å²) >= 11 is 0. The highest BCUT2D eigenvalue weighted by atomic mass is 16.3. The molecular formula is C117H63N9O3. The molecule has 0 fully saturated rings. The van der Waals surface area contributed by atoms with E-state index in [-0.39, 0.29) is 0 Å². The summed E-state index contributed by atoms with van der Waals surface area (Å²) in [7, 11) is 0. The molecule has 0 aliphatic heterocycles. The average Bonchev–Trinajstić information content (AvgIpc) is 1.53. The van der Waals surface area contributed by atoms with Crippen LogP contribution in [-0.4, -0.2) is 42.7 Å². The Labute approximate surface area is 729 Å². The minimum Gasteiger partial charge on any atom is -0.454 e. The van der Waals surface area contributed by atoms with Crippen LogP contribution in [0, 0.1) is 0 Å². The predicted octanol–water partition coefficient (Wildman–Crippen LogP) is 31.0. The highest BCUT2D eigenvalue weighted by molar-refractivity contribution is 6.32. The topological polar surface area (TPSA) is 122 Å². The van der Waals surface area contributed by atoms with Gasteiger partial charge in [-0.15, -0.1) is 0 Å². The van der Waals surface area contributed by atoms with E-state index in [4.69, 9.17) is 38.2 Å². The van der Waals surface area contributed by atoms with Gasteiger partial charge in [-0.05, 0) is 182 Å². The van der Waals surface area contributed by atoms with E-state index in [1.54, 1.807) is 0 Å². The molecule has 0 saturated heterocycles. The van der Waals surface area contributed by atoms with Gasteiger partial charge in [0.25, 0.3) is 0 Å². The van der Waals surface area contributed by atoms with Gasteiger partial charge in [-0.3, -0.25) is 13.2 Å².